The molecule has 7 heteroatoms. The Morgan fingerprint density at radius 2 is 2.21 bits per heavy atom. The molecule has 104 valence electrons. The molecule has 0 heterocycles. The van der Waals surface area contributed by atoms with Gasteiger partial charge in [-0.15, -0.1) is 0 Å². The first-order chi connectivity index (χ1) is 8.86. The predicted molar refractivity (Wildman–Crippen MR) is 69.7 cm³/mol. The van der Waals surface area contributed by atoms with Crippen LogP contribution in [0.3, 0.4) is 0 Å². The lowest BCUT2D eigenvalue weighted by molar-refractivity contribution is -0.384. The lowest BCUT2D eigenvalue weighted by Gasteiger charge is -2.21. The van der Waals surface area contributed by atoms with Crippen LogP contribution in [0.2, 0.25) is 0 Å². The highest BCUT2D eigenvalue weighted by molar-refractivity contribution is 5.71. The second-order valence-electron chi connectivity index (χ2n) is 4.23. The second-order valence-corrected chi connectivity index (χ2v) is 4.23. The van der Waals surface area contributed by atoms with Crippen LogP contribution in [0.15, 0.2) is 18.2 Å². The summed E-state index contributed by atoms with van der Waals surface area (Å²) >= 11 is 0. The molecule has 1 aromatic carbocycles. The van der Waals surface area contributed by atoms with Crippen molar-refractivity contribution < 1.29 is 19.6 Å². The van der Waals surface area contributed by atoms with Gasteiger partial charge >= 0.3 is 5.97 Å². The van der Waals surface area contributed by atoms with Crippen molar-refractivity contribution in [3.8, 4) is 5.75 Å². The smallest absolute Gasteiger partial charge is 0.308 e. The van der Waals surface area contributed by atoms with E-state index in [1.165, 1.54) is 25.3 Å². The summed E-state index contributed by atoms with van der Waals surface area (Å²) in [7, 11) is 3.08. The molecular formula is C12H16N2O5. The SMILES string of the molecule is COc1ccc([N+](=O)[O-])c(N(C)CC(C)C(=O)O)c1. The number of nitrogens with zero attached hydrogens (tertiary/aromatic N) is 2. The normalized spacial score (nSPS) is 11.7. The van der Waals surface area contributed by atoms with Crippen molar-refractivity contribution in [2.75, 3.05) is 25.6 Å². The molecule has 1 unspecified atom stereocenters. The van der Waals surface area contributed by atoms with Gasteiger partial charge in [-0.1, -0.05) is 6.92 Å². The Balaban J connectivity index is 3.08. The van der Waals surface area contributed by atoms with E-state index < -0.39 is 16.8 Å². The van der Waals surface area contributed by atoms with Crippen LogP contribution in [-0.2, 0) is 4.79 Å². The molecule has 0 saturated carbocycles. The fourth-order valence-electron chi connectivity index (χ4n) is 1.68. The highest BCUT2D eigenvalue weighted by Gasteiger charge is 2.21. The number of rotatable bonds is 6. The van der Waals surface area contributed by atoms with Crippen LogP contribution in [0, 0.1) is 16.0 Å². The molecular weight excluding hydrogens is 252 g/mol. The molecule has 0 saturated heterocycles. The number of benzene rings is 1. The molecule has 0 aliphatic carbocycles. The number of aliphatic carboxylic acids is 1. The summed E-state index contributed by atoms with van der Waals surface area (Å²) in [6.45, 7) is 1.72. The van der Waals surface area contributed by atoms with Crippen LogP contribution in [0.5, 0.6) is 5.75 Å². The van der Waals surface area contributed by atoms with Crippen LogP contribution in [0.4, 0.5) is 11.4 Å². The van der Waals surface area contributed by atoms with Crippen molar-refractivity contribution in [1.82, 2.24) is 0 Å². The molecule has 0 radical (unpaired) electrons. The number of carbonyl (C=O) groups is 1. The summed E-state index contributed by atoms with van der Waals surface area (Å²) in [5.41, 5.74) is 0.248. The van der Waals surface area contributed by atoms with Gasteiger partial charge in [0.2, 0.25) is 0 Å². The number of hydrogen-bond donors (Lipinski definition) is 1. The molecule has 0 aromatic heterocycles. The molecule has 0 amide bonds. The number of anilines is 1. The van der Waals surface area contributed by atoms with Crippen LogP contribution in [0.25, 0.3) is 0 Å². The van der Waals surface area contributed by atoms with Crippen molar-refractivity contribution >= 4 is 17.3 Å². The van der Waals surface area contributed by atoms with Gasteiger partial charge in [0.05, 0.1) is 18.0 Å². The van der Waals surface area contributed by atoms with E-state index >= 15 is 0 Å². The van der Waals surface area contributed by atoms with Gasteiger partial charge in [0.25, 0.3) is 5.69 Å². The Labute approximate surface area is 110 Å². The van der Waals surface area contributed by atoms with E-state index in [0.29, 0.717) is 11.4 Å². The fourth-order valence-corrected chi connectivity index (χ4v) is 1.68. The Bertz CT molecular complexity index is 489. The zero-order chi connectivity index (χ0) is 14.6. The first kappa shape index (κ1) is 14.7. The van der Waals surface area contributed by atoms with Gasteiger partial charge < -0.3 is 14.7 Å². The van der Waals surface area contributed by atoms with Crippen LogP contribution >= 0.6 is 0 Å². The standard InChI is InChI=1S/C12H16N2O5/c1-8(12(15)16)7-13(2)11-6-9(19-3)4-5-10(11)14(17)18/h4-6,8H,7H2,1-3H3,(H,15,16). The first-order valence-corrected chi connectivity index (χ1v) is 5.63. The number of nitro benzene ring substituents is 1. The first-order valence-electron chi connectivity index (χ1n) is 5.63. The largest absolute Gasteiger partial charge is 0.497 e. The van der Waals surface area contributed by atoms with E-state index in [4.69, 9.17) is 9.84 Å². The zero-order valence-electron chi connectivity index (χ0n) is 11.0. The molecule has 1 rings (SSSR count). The Morgan fingerprint density at radius 1 is 1.58 bits per heavy atom. The summed E-state index contributed by atoms with van der Waals surface area (Å²) in [4.78, 5) is 22.8. The maximum absolute atomic E-state index is 11.0. The Kier molecular flexibility index (Phi) is 4.68. The van der Waals surface area contributed by atoms with Crippen LogP contribution in [-0.4, -0.2) is 36.7 Å². The molecule has 0 spiro atoms. The summed E-state index contributed by atoms with van der Waals surface area (Å²) in [6.07, 6.45) is 0. The van der Waals surface area contributed by atoms with Crippen molar-refractivity contribution in [2.24, 2.45) is 5.92 Å². The summed E-state index contributed by atoms with van der Waals surface area (Å²) in [6, 6.07) is 4.36. The lowest BCUT2D eigenvalue weighted by Crippen LogP contribution is -2.28. The molecule has 1 atom stereocenters. The Hall–Kier alpha value is -2.31. The van der Waals surface area contributed by atoms with Gasteiger partial charge in [-0.3, -0.25) is 14.9 Å². The summed E-state index contributed by atoms with van der Waals surface area (Å²) in [5.74, 6) is -1.09. The van der Waals surface area contributed by atoms with E-state index in [0.717, 1.165) is 0 Å². The van der Waals surface area contributed by atoms with Crippen molar-refractivity contribution in [1.29, 1.82) is 0 Å². The lowest BCUT2D eigenvalue weighted by atomic mass is 10.1. The van der Waals surface area contributed by atoms with E-state index in [2.05, 4.69) is 0 Å². The van der Waals surface area contributed by atoms with Gasteiger partial charge in [0.15, 0.2) is 0 Å². The van der Waals surface area contributed by atoms with Crippen LogP contribution in [0.1, 0.15) is 6.92 Å². The Morgan fingerprint density at radius 3 is 2.68 bits per heavy atom. The third kappa shape index (κ3) is 3.57. The van der Waals surface area contributed by atoms with E-state index in [1.807, 2.05) is 0 Å². The highest BCUT2D eigenvalue weighted by Crippen LogP contribution is 2.31. The molecule has 0 aliphatic heterocycles. The van der Waals surface area contributed by atoms with E-state index in [1.54, 1.807) is 18.9 Å². The average Bonchev–Trinajstić information content (AvgIpc) is 2.37. The zero-order valence-corrected chi connectivity index (χ0v) is 11.0. The molecule has 1 aromatic rings. The third-order valence-electron chi connectivity index (χ3n) is 2.76. The van der Waals surface area contributed by atoms with Crippen molar-refractivity contribution in [3.63, 3.8) is 0 Å². The van der Waals surface area contributed by atoms with Gasteiger partial charge in [-0.2, -0.15) is 0 Å². The minimum absolute atomic E-state index is 0.0825. The van der Waals surface area contributed by atoms with Gasteiger partial charge in [-0.25, -0.2) is 0 Å². The third-order valence-corrected chi connectivity index (χ3v) is 2.76. The number of carboxylic acid groups (broad SMARTS) is 1. The van der Waals surface area contributed by atoms with E-state index in [-0.39, 0.29) is 12.2 Å². The minimum atomic E-state index is -0.947. The molecule has 0 bridgehead atoms. The monoisotopic (exact) mass is 268 g/mol. The minimum Gasteiger partial charge on any atom is -0.497 e. The average molecular weight is 268 g/mol. The molecule has 1 N–H and O–H groups in total. The number of hydrogen-bond acceptors (Lipinski definition) is 5. The maximum atomic E-state index is 11.0. The van der Waals surface area contributed by atoms with Crippen molar-refractivity contribution in [2.45, 2.75) is 6.92 Å². The second kappa shape index (κ2) is 6.03. The van der Waals surface area contributed by atoms with Crippen molar-refractivity contribution in [3.05, 3.63) is 28.3 Å². The van der Waals surface area contributed by atoms with Gasteiger partial charge in [-0.05, 0) is 6.07 Å². The van der Waals surface area contributed by atoms with Gasteiger partial charge in [0, 0.05) is 25.7 Å². The quantitative estimate of drug-likeness (QED) is 0.624. The molecule has 0 aliphatic rings. The number of ether oxygens (including phenoxy) is 1. The molecule has 0 fully saturated rings. The van der Waals surface area contributed by atoms with Crippen LogP contribution < -0.4 is 9.64 Å². The summed E-state index contributed by atoms with van der Waals surface area (Å²) < 4.78 is 5.03. The number of carboxylic acids is 1. The maximum Gasteiger partial charge on any atom is 0.308 e. The number of methoxy groups -OCH3 is 1. The predicted octanol–water partition coefficient (Wildman–Crippen LogP) is 1.76. The topological polar surface area (TPSA) is 92.9 Å². The van der Waals surface area contributed by atoms with E-state index in [9.17, 15) is 14.9 Å². The highest BCUT2D eigenvalue weighted by atomic mass is 16.6. The molecule has 19 heavy (non-hydrogen) atoms. The fraction of sp³-hybridized carbons (Fsp3) is 0.417. The summed E-state index contributed by atoms with van der Waals surface area (Å²) in [5, 5.41) is 19.8. The van der Waals surface area contributed by atoms with Gasteiger partial charge in [0.1, 0.15) is 11.4 Å². The number of nitro groups is 1. The molecule has 7 nitrogen and oxygen atoms in total.